The standard InChI is InChI=1S/C25H28F3N5O2/c1-4-9-32-10-5-6-15(14-32)30-18-11-16(7-8-17(18)23(29)35)33-19-12-24(2,3)13-20(34)21(19)22(31-33)25(26,27)28/h1,7-8,11,15,30H,5-6,9-10,12-14H2,2-3H3,(H2,29,35)/t15-/m0/s1. The second kappa shape index (κ2) is 9.04. The van der Waals surface area contributed by atoms with Crippen molar-refractivity contribution in [1.82, 2.24) is 14.7 Å². The van der Waals surface area contributed by atoms with E-state index < -0.39 is 29.0 Å². The highest BCUT2D eigenvalue weighted by Crippen LogP contribution is 2.42. The van der Waals surface area contributed by atoms with Crippen molar-refractivity contribution in [3.63, 3.8) is 0 Å². The van der Waals surface area contributed by atoms with E-state index in [-0.39, 0.29) is 35.7 Å². The fourth-order valence-electron chi connectivity index (χ4n) is 5.02. The highest BCUT2D eigenvalue weighted by molar-refractivity contribution is 6.00. The lowest BCUT2D eigenvalue weighted by molar-refractivity contribution is -0.141. The minimum atomic E-state index is -4.77. The van der Waals surface area contributed by atoms with E-state index in [0.717, 1.165) is 19.4 Å². The molecule has 2 aliphatic rings. The second-order valence-corrected chi connectivity index (χ2v) is 10.0. The molecule has 186 valence electrons. The van der Waals surface area contributed by atoms with E-state index in [1.807, 2.05) is 13.8 Å². The predicted molar refractivity (Wildman–Crippen MR) is 125 cm³/mol. The Morgan fingerprint density at radius 1 is 1.34 bits per heavy atom. The topological polar surface area (TPSA) is 93.2 Å². The van der Waals surface area contributed by atoms with Crippen molar-refractivity contribution in [2.75, 3.05) is 25.0 Å². The number of halogens is 3. The number of ketones is 1. The lowest BCUT2D eigenvalue weighted by Gasteiger charge is -2.33. The fourth-order valence-corrected chi connectivity index (χ4v) is 5.02. The summed E-state index contributed by atoms with van der Waals surface area (Å²) in [4.78, 5) is 26.9. The smallest absolute Gasteiger partial charge is 0.380 e. The molecule has 1 amide bonds. The largest absolute Gasteiger partial charge is 0.435 e. The van der Waals surface area contributed by atoms with Gasteiger partial charge in [0.1, 0.15) is 0 Å². The molecule has 10 heteroatoms. The van der Waals surface area contributed by atoms with E-state index in [9.17, 15) is 22.8 Å². The number of benzene rings is 1. The third-order valence-electron chi connectivity index (χ3n) is 6.51. The molecule has 1 atom stereocenters. The van der Waals surface area contributed by atoms with Gasteiger partial charge in [0.2, 0.25) is 0 Å². The maximum absolute atomic E-state index is 13.8. The Morgan fingerprint density at radius 2 is 2.09 bits per heavy atom. The number of piperidine rings is 1. The molecule has 1 aliphatic heterocycles. The van der Waals surface area contributed by atoms with E-state index in [4.69, 9.17) is 12.2 Å². The highest BCUT2D eigenvalue weighted by atomic mass is 19.4. The van der Waals surface area contributed by atoms with Crippen LogP contribution in [-0.4, -0.2) is 52.0 Å². The van der Waals surface area contributed by atoms with Gasteiger partial charge in [0.25, 0.3) is 5.91 Å². The SMILES string of the molecule is C#CCN1CCC[C@H](Nc2cc(-n3nc(C(F)(F)F)c4c3CC(C)(C)CC4=O)ccc2C(N)=O)C1. The first-order valence-electron chi connectivity index (χ1n) is 11.5. The van der Waals surface area contributed by atoms with Crippen LogP contribution in [0.1, 0.15) is 65.2 Å². The predicted octanol–water partition coefficient (Wildman–Crippen LogP) is 3.65. The van der Waals surface area contributed by atoms with Crippen LogP contribution in [0.3, 0.4) is 0 Å². The molecule has 0 spiro atoms. The number of terminal acetylenes is 1. The molecule has 1 fully saturated rings. The maximum Gasteiger partial charge on any atom is 0.435 e. The Bertz CT molecular complexity index is 1210. The molecule has 0 radical (unpaired) electrons. The molecule has 3 N–H and O–H groups in total. The second-order valence-electron chi connectivity index (χ2n) is 10.0. The summed E-state index contributed by atoms with van der Waals surface area (Å²) in [5.74, 6) is 1.40. The third-order valence-corrected chi connectivity index (χ3v) is 6.51. The molecule has 4 rings (SSSR count). The number of nitrogens with zero attached hydrogens (tertiary/aromatic N) is 3. The van der Waals surface area contributed by atoms with Crippen molar-refractivity contribution >= 4 is 17.4 Å². The van der Waals surface area contributed by atoms with Crippen LogP contribution >= 0.6 is 0 Å². The number of rotatable bonds is 5. The molecule has 7 nitrogen and oxygen atoms in total. The number of anilines is 1. The molecule has 1 aromatic heterocycles. The van der Waals surface area contributed by atoms with Crippen LogP contribution in [0.25, 0.3) is 5.69 Å². The summed E-state index contributed by atoms with van der Waals surface area (Å²) in [6, 6.07) is 4.51. The number of fused-ring (bicyclic) bond motifs is 1. The summed E-state index contributed by atoms with van der Waals surface area (Å²) >= 11 is 0. The molecule has 2 heterocycles. The number of likely N-dealkylation sites (tertiary alicyclic amines) is 1. The number of carbonyl (C=O) groups is 2. The van der Waals surface area contributed by atoms with Crippen LogP contribution in [0.2, 0.25) is 0 Å². The fraction of sp³-hybridized carbons (Fsp3) is 0.480. The molecule has 2 aromatic rings. The third kappa shape index (κ3) is 5.05. The van der Waals surface area contributed by atoms with Crippen molar-refractivity contribution in [3.8, 4) is 18.0 Å². The quantitative estimate of drug-likeness (QED) is 0.628. The summed E-state index contributed by atoms with van der Waals surface area (Å²) in [5.41, 5.74) is 4.66. The number of Topliss-reactive ketones (excluding diaryl/α,β-unsaturated/α-hetero) is 1. The van der Waals surface area contributed by atoms with Crippen molar-refractivity contribution in [3.05, 3.63) is 40.7 Å². The van der Waals surface area contributed by atoms with Crippen LogP contribution in [-0.2, 0) is 12.6 Å². The summed E-state index contributed by atoms with van der Waals surface area (Å²) in [6.07, 6.45) is 2.67. The number of carbonyl (C=O) groups excluding carboxylic acids is 2. The first kappa shape index (κ1) is 24.8. The van der Waals surface area contributed by atoms with Gasteiger partial charge in [-0.05, 0) is 49.4 Å². The average molecular weight is 488 g/mol. The van der Waals surface area contributed by atoms with Crippen LogP contribution in [0.15, 0.2) is 18.2 Å². The van der Waals surface area contributed by atoms with Crippen molar-refractivity contribution < 1.29 is 22.8 Å². The maximum atomic E-state index is 13.8. The normalized spacial score (nSPS) is 20.2. The Kier molecular flexibility index (Phi) is 6.40. The number of nitrogens with two attached hydrogens (primary N) is 1. The summed E-state index contributed by atoms with van der Waals surface area (Å²) in [7, 11) is 0. The summed E-state index contributed by atoms with van der Waals surface area (Å²) in [6.45, 7) is 5.71. The molecule has 1 aromatic carbocycles. The van der Waals surface area contributed by atoms with E-state index in [0.29, 0.717) is 24.5 Å². The molecule has 1 aliphatic carbocycles. The van der Waals surface area contributed by atoms with Gasteiger partial charge in [-0.1, -0.05) is 19.8 Å². The zero-order valence-corrected chi connectivity index (χ0v) is 19.7. The van der Waals surface area contributed by atoms with Gasteiger partial charge in [-0.2, -0.15) is 18.3 Å². The van der Waals surface area contributed by atoms with E-state index in [1.54, 1.807) is 6.07 Å². The molecular formula is C25H28F3N5O2. The minimum absolute atomic E-state index is 0.0119. The Morgan fingerprint density at radius 3 is 2.74 bits per heavy atom. The summed E-state index contributed by atoms with van der Waals surface area (Å²) in [5, 5.41) is 7.17. The van der Waals surface area contributed by atoms with E-state index in [2.05, 4.69) is 21.2 Å². The van der Waals surface area contributed by atoms with E-state index >= 15 is 0 Å². The molecule has 0 saturated carbocycles. The van der Waals surface area contributed by atoms with Gasteiger partial charge in [-0.15, -0.1) is 6.42 Å². The van der Waals surface area contributed by atoms with Gasteiger partial charge < -0.3 is 11.1 Å². The highest BCUT2D eigenvalue weighted by Gasteiger charge is 2.45. The first-order chi connectivity index (χ1) is 16.4. The zero-order chi connectivity index (χ0) is 25.5. The Balaban J connectivity index is 1.78. The molecule has 0 unspecified atom stereocenters. The Labute approximate surface area is 201 Å². The lowest BCUT2D eigenvalue weighted by Crippen LogP contribution is -2.42. The van der Waals surface area contributed by atoms with Crippen molar-refractivity contribution in [2.45, 2.75) is 51.7 Å². The van der Waals surface area contributed by atoms with Gasteiger partial charge in [-0.25, -0.2) is 4.68 Å². The number of alkyl halides is 3. The average Bonchev–Trinajstić information content (AvgIpc) is 3.13. The number of aromatic nitrogens is 2. The molecule has 35 heavy (non-hydrogen) atoms. The molecule has 1 saturated heterocycles. The number of amides is 1. The number of primary amides is 1. The Hall–Kier alpha value is -3.32. The molecular weight excluding hydrogens is 459 g/mol. The monoisotopic (exact) mass is 487 g/mol. The van der Waals surface area contributed by atoms with E-state index in [1.165, 1.54) is 16.8 Å². The van der Waals surface area contributed by atoms with Crippen LogP contribution in [0, 0.1) is 17.8 Å². The number of hydrogen-bond acceptors (Lipinski definition) is 5. The number of nitrogens with one attached hydrogen (secondary N) is 1. The van der Waals surface area contributed by atoms with Crippen molar-refractivity contribution in [1.29, 1.82) is 0 Å². The van der Waals surface area contributed by atoms with Gasteiger partial charge in [0.05, 0.1) is 29.1 Å². The zero-order valence-electron chi connectivity index (χ0n) is 19.7. The van der Waals surface area contributed by atoms with Gasteiger partial charge >= 0.3 is 6.18 Å². The van der Waals surface area contributed by atoms with Gasteiger partial charge in [-0.3, -0.25) is 14.5 Å². The van der Waals surface area contributed by atoms with Crippen molar-refractivity contribution in [2.24, 2.45) is 11.1 Å². The number of hydrogen-bond donors (Lipinski definition) is 2. The van der Waals surface area contributed by atoms with Crippen LogP contribution in [0.5, 0.6) is 0 Å². The summed E-state index contributed by atoms with van der Waals surface area (Å²) < 4.78 is 42.6. The van der Waals surface area contributed by atoms with Crippen LogP contribution < -0.4 is 11.1 Å². The lowest BCUT2D eigenvalue weighted by atomic mass is 9.75. The van der Waals surface area contributed by atoms with Gasteiger partial charge in [0.15, 0.2) is 11.5 Å². The first-order valence-corrected chi connectivity index (χ1v) is 11.5. The van der Waals surface area contributed by atoms with Crippen LogP contribution in [0.4, 0.5) is 18.9 Å². The van der Waals surface area contributed by atoms with Gasteiger partial charge in [0, 0.05) is 24.7 Å². The molecule has 0 bridgehead atoms. The minimum Gasteiger partial charge on any atom is -0.380 e.